The molecule has 0 fully saturated rings. The van der Waals surface area contributed by atoms with Crippen molar-refractivity contribution in [3.05, 3.63) is 84.3 Å². The Bertz CT molecular complexity index is 1120. The molecule has 1 N–H and O–H groups in total. The minimum Gasteiger partial charge on any atom is -0.326 e. The topological polar surface area (TPSA) is 59.3 Å². The minimum absolute atomic E-state index is 0.0159. The Labute approximate surface area is 163 Å². The first-order chi connectivity index (χ1) is 13.9. The molecule has 0 spiro atoms. The Balaban J connectivity index is 1.41. The Hall–Kier alpha value is -3.68. The number of imidazole rings is 1. The van der Waals surface area contributed by atoms with Crippen LogP contribution in [0.3, 0.4) is 0 Å². The third-order valence-electron chi connectivity index (χ3n) is 4.35. The molecule has 1 amide bonds. The molecule has 0 saturated heterocycles. The molecule has 0 bridgehead atoms. The van der Waals surface area contributed by atoms with Gasteiger partial charge in [0.2, 0.25) is 11.7 Å². The van der Waals surface area contributed by atoms with Crippen LogP contribution in [-0.4, -0.2) is 20.3 Å². The van der Waals surface area contributed by atoms with Crippen molar-refractivity contribution in [1.29, 1.82) is 0 Å². The van der Waals surface area contributed by atoms with Gasteiger partial charge in [0.25, 0.3) is 0 Å². The monoisotopic (exact) mass is 396 g/mol. The van der Waals surface area contributed by atoms with Crippen LogP contribution in [0.2, 0.25) is 0 Å². The highest BCUT2D eigenvalue weighted by molar-refractivity contribution is 5.92. The van der Waals surface area contributed by atoms with E-state index in [1.807, 2.05) is 35.0 Å². The lowest BCUT2D eigenvalue weighted by Gasteiger charge is -2.08. The predicted molar refractivity (Wildman–Crippen MR) is 102 cm³/mol. The molecule has 0 unspecified atom stereocenters. The van der Waals surface area contributed by atoms with Gasteiger partial charge in [-0.05, 0) is 35.9 Å². The van der Waals surface area contributed by atoms with Crippen LogP contribution in [0.4, 0.5) is 18.9 Å². The number of fused-ring (bicyclic) bond motifs is 1. The second kappa shape index (κ2) is 7.38. The van der Waals surface area contributed by atoms with Crippen molar-refractivity contribution in [3.63, 3.8) is 0 Å². The fraction of sp³-hybridized carbons (Fsp3) is 0.0952. The molecule has 5 nitrogen and oxygen atoms in total. The number of amides is 1. The van der Waals surface area contributed by atoms with E-state index in [1.54, 1.807) is 18.3 Å². The second-order valence-electron chi connectivity index (χ2n) is 6.45. The summed E-state index contributed by atoms with van der Waals surface area (Å²) in [6.45, 7) is 0. The Morgan fingerprint density at radius 3 is 2.41 bits per heavy atom. The van der Waals surface area contributed by atoms with Crippen molar-refractivity contribution in [2.75, 3.05) is 5.32 Å². The number of carbonyl (C=O) groups excluding carboxylic acids is 1. The van der Waals surface area contributed by atoms with Gasteiger partial charge in [-0.3, -0.25) is 9.20 Å². The van der Waals surface area contributed by atoms with Gasteiger partial charge in [-0.15, -0.1) is 0 Å². The van der Waals surface area contributed by atoms with Crippen molar-refractivity contribution in [2.45, 2.75) is 12.6 Å². The number of alkyl halides is 3. The molecule has 2 heterocycles. The van der Waals surface area contributed by atoms with Crippen LogP contribution in [0, 0.1) is 0 Å². The van der Waals surface area contributed by atoms with E-state index in [2.05, 4.69) is 15.3 Å². The van der Waals surface area contributed by atoms with E-state index < -0.39 is 11.7 Å². The molecule has 146 valence electrons. The molecule has 0 saturated carbocycles. The summed E-state index contributed by atoms with van der Waals surface area (Å²) in [5.41, 5.74) is 1.99. The van der Waals surface area contributed by atoms with Crippen molar-refractivity contribution < 1.29 is 18.0 Å². The number of halogens is 3. The molecule has 8 heteroatoms. The summed E-state index contributed by atoms with van der Waals surface area (Å²) in [4.78, 5) is 20.8. The smallest absolute Gasteiger partial charge is 0.326 e. The molecule has 2 aromatic carbocycles. The molecule has 0 aliphatic heterocycles. The zero-order valence-electron chi connectivity index (χ0n) is 15.0. The van der Waals surface area contributed by atoms with E-state index >= 15 is 0 Å². The van der Waals surface area contributed by atoms with E-state index in [9.17, 15) is 18.0 Å². The van der Waals surface area contributed by atoms with E-state index in [4.69, 9.17) is 0 Å². The first-order valence-electron chi connectivity index (χ1n) is 8.75. The van der Waals surface area contributed by atoms with Gasteiger partial charge in [-0.25, -0.2) is 9.97 Å². The van der Waals surface area contributed by atoms with E-state index in [0.717, 1.165) is 23.4 Å². The predicted octanol–water partition coefficient (Wildman–Crippen LogP) is 4.60. The SMILES string of the molecule is O=C(Cc1ccc(C(F)(F)F)cc1)Nc1ccc(-c2cn3cccnc3n2)cc1. The van der Waals surface area contributed by atoms with Gasteiger partial charge in [0.1, 0.15) is 0 Å². The highest BCUT2D eigenvalue weighted by Gasteiger charge is 2.29. The minimum atomic E-state index is -4.39. The number of rotatable bonds is 4. The molecule has 0 atom stereocenters. The Morgan fingerprint density at radius 1 is 1.03 bits per heavy atom. The van der Waals surface area contributed by atoms with Crippen molar-refractivity contribution >= 4 is 17.4 Å². The molecule has 2 aromatic heterocycles. The first-order valence-corrected chi connectivity index (χ1v) is 8.75. The summed E-state index contributed by atoms with van der Waals surface area (Å²) in [5.74, 6) is 0.283. The summed E-state index contributed by atoms with van der Waals surface area (Å²) in [5, 5.41) is 2.74. The number of nitrogens with zero attached hydrogens (tertiary/aromatic N) is 3. The zero-order valence-corrected chi connectivity index (χ0v) is 15.0. The number of benzene rings is 2. The summed E-state index contributed by atoms with van der Waals surface area (Å²) >= 11 is 0. The summed E-state index contributed by atoms with van der Waals surface area (Å²) in [6, 6.07) is 13.5. The fourth-order valence-corrected chi connectivity index (χ4v) is 2.90. The maximum Gasteiger partial charge on any atom is 0.416 e. The average Bonchev–Trinajstić information content (AvgIpc) is 3.12. The van der Waals surface area contributed by atoms with Crippen LogP contribution >= 0.6 is 0 Å². The number of aromatic nitrogens is 3. The molecule has 29 heavy (non-hydrogen) atoms. The van der Waals surface area contributed by atoms with Gasteiger partial charge in [-0.1, -0.05) is 24.3 Å². The van der Waals surface area contributed by atoms with Crippen LogP contribution in [0.1, 0.15) is 11.1 Å². The third-order valence-corrected chi connectivity index (χ3v) is 4.35. The van der Waals surface area contributed by atoms with Gasteiger partial charge in [0.05, 0.1) is 17.7 Å². The maximum atomic E-state index is 12.6. The Morgan fingerprint density at radius 2 is 1.76 bits per heavy atom. The second-order valence-corrected chi connectivity index (χ2v) is 6.45. The van der Waals surface area contributed by atoms with Crippen LogP contribution in [0.25, 0.3) is 17.0 Å². The van der Waals surface area contributed by atoms with Crippen molar-refractivity contribution in [1.82, 2.24) is 14.4 Å². The highest BCUT2D eigenvalue weighted by atomic mass is 19.4. The Kier molecular flexibility index (Phi) is 4.75. The van der Waals surface area contributed by atoms with Gasteiger partial charge < -0.3 is 5.32 Å². The normalized spacial score (nSPS) is 11.6. The number of hydrogen-bond donors (Lipinski definition) is 1. The average molecular weight is 396 g/mol. The standard InChI is InChI=1S/C21H15F3N4O/c22-21(23,24)16-6-2-14(3-7-16)12-19(29)26-17-8-4-15(5-9-17)18-13-28-11-1-10-25-20(28)27-18/h1-11,13H,12H2,(H,26,29). The molecule has 0 aliphatic rings. The molecule has 4 rings (SSSR count). The molecular weight excluding hydrogens is 381 g/mol. The summed E-state index contributed by atoms with van der Waals surface area (Å²) in [6.07, 6.45) is 0.980. The highest BCUT2D eigenvalue weighted by Crippen LogP contribution is 2.29. The van der Waals surface area contributed by atoms with E-state index in [1.165, 1.54) is 12.1 Å². The number of anilines is 1. The summed E-state index contributed by atoms with van der Waals surface area (Å²) in [7, 11) is 0. The zero-order chi connectivity index (χ0) is 20.4. The maximum absolute atomic E-state index is 12.6. The van der Waals surface area contributed by atoms with Crippen molar-refractivity contribution in [2.24, 2.45) is 0 Å². The first kappa shape index (κ1) is 18.7. The van der Waals surface area contributed by atoms with Crippen molar-refractivity contribution in [3.8, 4) is 11.3 Å². The lowest BCUT2D eigenvalue weighted by atomic mass is 10.1. The fourth-order valence-electron chi connectivity index (χ4n) is 2.90. The summed E-state index contributed by atoms with van der Waals surface area (Å²) < 4.78 is 39.6. The van der Waals surface area contributed by atoms with E-state index in [-0.39, 0.29) is 12.3 Å². The molecule has 0 aliphatic carbocycles. The van der Waals surface area contributed by atoms with Crippen LogP contribution in [0.5, 0.6) is 0 Å². The van der Waals surface area contributed by atoms with Gasteiger partial charge in [0.15, 0.2) is 0 Å². The lowest BCUT2D eigenvalue weighted by molar-refractivity contribution is -0.137. The number of carbonyl (C=O) groups is 1. The van der Waals surface area contributed by atoms with Crippen LogP contribution in [-0.2, 0) is 17.4 Å². The van der Waals surface area contributed by atoms with Gasteiger partial charge in [-0.2, -0.15) is 13.2 Å². The van der Waals surface area contributed by atoms with Gasteiger partial charge in [0, 0.05) is 29.8 Å². The van der Waals surface area contributed by atoms with E-state index in [0.29, 0.717) is 17.0 Å². The molecule has 4 aromatic rings. The lowest BCUT2D eigenvalue weighted by Crippen LogP contribution is -2.14. The quantitative estimate of drug-likeness (QED) is 0.549. The van der Waals surface area contributed by atoms with Crippen LogP contribution in [0.15, 0.2) is 73.2 Å². The third kappa shape index (κ3) is 4.26. The molecular formula is C21H15F3N4O. The number of nitrogens with one attached hydrogen (secondary N) is 1. The number of hydrogen-bond acceptors (Lipinski definition) is 3. The van der Waals surface area contributed by atoms with Gasteiger partial charge >= 0.3 is 6.18 Å². The largest absolute Gasteiger partial charge is 0.416 e. The van der Waals surface area contributed by atoms with Crippen LogP contribution < -0.4 is 5.32 Å². The molecule has 0 radical (unpaired) electrons.